The van der Waals surface area contributed by atoms with Crippen molar-refractivity contribution in [3.63, 3.8) is 0 Å². The van der Waals surface area contributed by atoms with Crippen LogP contribution in [0.25, 0.3) is 0 Å². The van der Waals surface area contributed by atoms with Gasteiger partial charge >= 0.3 is 0 Å². The summed E-state index contributed by atoms with van der Waals surface area (Å²) in [6, 6.07) is 2.09. The zero-order valence-electron chi connectivity index (χ0n) is 8.12. The lowest BCUT2D eigenvalue weighted by Gasteiger charge is -2.27. The fraction of sp³-hybridized carbons (Fsp3) is 0.636. The zero-order chi connectivity index (χ0) is 9.10. The van der Waals surface area contributed by atoms with E-state index in [9.17, 15) is 0 Å². The largest absolute Gasteiger partial charge is 0.472 e. The highest BCUT2D eigenvalue weighted by molar-refractivity contribution is 5.12. The molecule has 1 N–H and O–H groups in total. The first-order chi connectivity index (χ1) is 6.38. The quantitative estimate of drug-likeness (QED) is 0.754. The molecule has 2 heterocycles. The van der Waals surface area contributed by atoms with Crippen LogP contribution < -0.4 is 5.32 Å². The monoisotopic (exact) mass is 179 g/mol. The summed E-state index contributed by atoms with van der Waals surface area (Å²) in [5, 5.41) is 3.39. The lowest BCUT2D eigenvalue weighted by atomic mass is 9.83. The van der Waals surface area contributed by atoms with Gasteiger partial charge < -0.3 is 9.73 Å². The van der Waals surface area contributed by atoms with Crippen LogP contribution in [0, 0.1) is 5.92 Å². The maximum atomic E-state index is 5.11. The minimum absolute atomic E-state index is 0.654. The van der Waals surface area contributed by atoms with E-state index in [0.29, 0.717) is 5.92 Å². The van der Waals surface area contributed by atoms with Crippen molar-refractivity contribution in [1.29, 1.82) is 0 Å². The molecule has 1 aliphatic rings. The van der Waals surface area contributed by atoms with Gasteiger partial charge in [0.15, 0.2) is 0 Å². The molecule has 1 saturated heterocycles. The average molecular weight is 179 g/mol. The third-order valence-corrected chi connectivity index (χ3v) is 3.16. The Morgan fingerprint density at radius 3 is 2.85 bits per heavy atom. The second-order valence-electron chi connectivity index (χ2n) is 3.93. The Labute approximate surface area is 79.3 Å². The standard InChI is InChI=1S/C11H17NO/c1-9(11-4-7-13-8-11)10-2-5-12-6-3-10/h4,7-10,12H,2-3,5-6H2,1H3. The molecular weight excluding hydrogens is 162 g/mol. The Morgan fingerprint density at radius 2 is 2.23 bits per heavy atom. The lowest BCUT2D eigenvalue weighted by molar-refractivity contribution is 0.329. The van der Waals surface area contributed by atoms with Gasteiger partial charge in [0, 0.05) is 0 Å². The van der Waals surface area contributed by atoms with Crippen LogP contribution in [0.15, 0.2) is 23.0 Å². The number of nitrogens with one attached hydrogen (secondary N) is 1. The van der Waals surface area contributed by atoms with Crippen LogP contribution in [0.5, 0.6) is 0 Å². The minimum Gasteiger partial charge on any atom is -0.472 e. The summed E-state index contributed by atoms with van der Waals surface area (Å²) < 4.78 is 5.11. The topological polar surface area (TPSA) is 25.2 Å². The van der Waals surface area contributed by atoms with Crippen molar-refractivity contribution >= 4 is 0 Å². The molecule has 0 bridgehead atoms. The van der Waals surface area contributed by atoms with Gasteiger partial charge in [0.1, 0.15) is 0 Å². The van der Waals surface area contributed by atoms with Gasteiger partial charge in [-0.25, -0.2) is 0 Å². The third kappa shape index (κ3) is 1.94. The number of rotatable bonds is 2. The Balaban J connectivity index is 1.99. The highest BCUT2D eigenvalue weighted by atomic mass is 16.3. The predicted octanol–water partition coefficient (Wildman–Crippen LogP) is 2.38. The number of furan rings is 1. The molecule has 1 aromatic rings. The molecule has 1 unspecified atom stereocenters. The van der Waals surface area contributed by atoms with Crippen LogP contribution in [-0.2, 0) is 0 Å². The molecule has 1 aromatic heterocycles. The molecular formula is C11H17NO. The smallest absolute Gasteiger partial charge is 0.0937 e. The maximum Gasteiger partial charge on any atom is 0.0937 e. The number of piperidine rings is 1. The van der Waals surface area contributed by atoms with Gasteiger partial charge in [-0.15, -0.1) is 0 Å². The lowest BCUT2D eigenvalue weighted by Crippen LogP contribution is -2.30. The second-order valence-corrected chi connectivity index (χ2v) is 3.93. The first-order valence-corrected chi connectivity index (χ1v) is 5.11. The van der Waals surface area contributed by atoms with Crippen molar-refractivity contribution in [3.8, 4) is 0 Å². The molecule has 0 saturated carbocycles. The SMILES string of the molecule is CC(c1ccoc1)C1CCNCC1. The number of hydrogen-bond donors (Lipinski definition) is 1. The van der Waals surface area contributed by atoms with Crippen LogP contribution in [-0.4, -0.2) is 13.1 Å². The van der Waals surface area contributed by atoms with Crippen LogP contribution in [0.4, 0.5) is 0 Å². The van der Waals surface area contributed by atoms with Crippen molar-refractivity contribution < 1.29 is 4.42 Å². The van der Waals surface area contributed by atoms with Crippen LogP contribution in [0.2, 0.25) is 0 Å². The molecule has 2 rings (SSSR count). The van der Waals surface area contributed by atoms with Gasteiger partial charge in [0.05, 0.1) is 12.5 Å². The Hall–Kier alpha value is -0.760. The van der Waals surface area contributed by atoms with Crippen LogP contribution in [0.3, 0.4) is 0 Å². The van der Waals surface area contributed by atoms with Gasteiger partial charge in [-0.05, 0) is 49.4 Å². The highest BCUT2D eigenvalue weighted by Gasteiger charge is 2.21. The summed E-state index contributed by atoms with van der Waals surface area (Å²) in [5.74, 6) is 1.49. The Kier molecular flexibility index (Phi) is 2.69. The van der Waals surface area contributed by atoms with Gasteiger partial charge in [-0.3, -0.25) is 0 Å². The third-order valence-electron chi connectivity index (χ3n) is 3.16. The van der Waals surface area contributed by atoms with E-state index in [0.717, 1.165) is 5.92 Å². The molecule has 2 heteroatoms. The molecule has 0 amide bonds. The molecule has 0 aliphatic carbocycles. The highest BCUT2D eigenvalue weighted by Crippen LogP contribution is 2.30. The summed E-state index contributed by atoms with van der Waals surface area (Å²) in [6.45, 7) is 4.65. The van der Waals surface area contributed by atoms with Crippen molar-refractivity contribution in [2.45, 2.75) is 25.7 Å². The molecule has 0 spiro atoms. The van der Waals surface area contributed by atoms with Crippen molar-refractivity contribution in [2.75, 3.05) is 13.1 Å². The molecule has 1 aliphatic heterocycles. The maximum absolute atomic E-state index is 5.11. The predicted molar refractivity (Wildman–Crippen MR) is 52.7 cm³/mol. The van der Waals surface area contributed by atoms with Gasteiger partial charge in [0.2, 0.25) is 0 Å². The first-order valence-electron chi connectivity index (χ1n) is 5.11. The van der Waals surface area contributed by atoms with E-state index in [4.69, 9.17) is 4.42 Å². The van der Waals surface area contributed by atoms with E-state index in [2.05, 4.69) is 18.3 Å². The van der Waals surface area contributed by atoms with Crippen LogP contribution >= 0.6 is 0 Å². The number of hydrogen-bond acceptors (Lipinski definition) is 2. The Morgan fingerprint density at radius 1 is 1.46 bits per heavy atom. The van der Waals surface area contributed by atoms with E-state index >= 15 is 0 Å². The summed E-state index contributed by atoms with van der Waals surface area (Å²) in [4.78, 5) is 0. The fourth-order valence-electron chi connectivity index (χ4n) is 2.15. The summed E-state index contributed by atoms with van der Waals surface area (Å²) >= 11 is 0. The van der Waals surface area contributed by atoms with E-state index in [1.807, 2.05) is 6.26 Å². The summed E-state index contributed by atoms with van der Waals surface area (Å²) in [7, 11) is 0. The molecule has 0 aromatic carbocycles. The summed E-state index contributed by atoms with van der Waals surface area (Å²) in [6.07, 6.45) is 6.25. The summed E-state index contributed by atoms with van der Waals surface area (Å²) in [5.41, 5.74) is 1.35. The van der Waals surface area contributed by atoms with Crippen molar-refractivity contribution in [3.05, 3.63) is 24.2 Å². The zero-order valence-corrected chi connectivity index (χ0v) is 8.12. The second kappa shape index (κ2) is 3.97. The molecule has 13 heavy (non-hydrogen) atoms. The van der Waals surface area contributed by atoms with E-state index in [-0.39, 0.29) is 0 Å². The normalized spacial score (nSPS) is 21.6. The van der Waals surface area contributed by atoms with Gasteiger partial charge in [-0.1, -0.05) is 6.92 Å². The van der Waals surface area contributed by atoms with Crippen molar-refractivity contribution in [1.82, 2.24) is 5.32 Å². The Bertz CT molecular complexity index is 237. The molecule has 72 valence electrons. The van der Waals surface area contributed by atoms with Gasteiger partial charge in [0.25, 0.3) is 0 Å². The molecule has 2 nitrogen and oxygen atoms in total. The first kappa shape index (κ1) is 8.82. The molecule has 1 atom stereocenters. The van der Waals surface area contributed by atoms with E-state index in [1.54, 1.807) is 6.26 Å². The fourth-order valence-corrected chi connectivity index (χ4v) is 2.15. The minimum atomic E-state index is 0.654. The van der Waals surface area contributed by atoms with Crippen LogP contribution in [0.1, 0.15) is 31.2 Å². The van der Waals surface area contributed by atoms with E-state index < -0.39 is 0 Å². The molecule has 1 fully saturated rings. The van der Waals surface area contributed by atoms with E-state index in [1.165, 1.54) is 31.5 Å². The van der Waals surface area contributed by atoms with Crippen molar-refractivity contribution in [2.24, 2.45) is 5.92 Å². The average Bonchev–Trinajstić information content (AvgIpc) is 2.71. The van der Waals surface area contributed by atoms with Gasteiger partial charge in [-0.2, -0.15) is 0 Å². The molecule has 0 radical (unpaired) electrons.